The van der Waals surface area contributed by atoms with Crippen molar-refractivity contribution >= 4 is 11.9 Å². The quantitative estimate of drug-likeness (QED) is 0.391. The minimum atomic E-state index is -0.500. The lowest BCUT2D eigenvalue weighted by Crippen LogP contribution is -2.49. The molecule has 0 heterocycles. The number of hydrogen-bond donors (Lipinski definition) is 1. The van der Waals surface area contributed by atoms with Crippen LogP contribution < -0.4 is 5.32 Å². The molecule has 152 valence electrons. The summed E-state index contributed by atoms with van der Waals surface area (Å²) in [7, 11) is 0. The Labute approximate surface area is 165 Å². The number of nitrogens with one attached hydrogen (secondary N) is 1. The standard InChI is InChI=1S/C23H37NO3/c1-5-6-7-8-11-21-13-15-22(16-14-21)12-9-10-17-23(4,24-19(2)25)18-27-20(3)26/h13-16H,5-12,17-18H2,1-4H3,(H,24,25). The van der Waals surface area contributed by atoms with E-state index in [2.05, 4.69) is 36.5 Å². The lowest BCUT2D eigenvalue weighted by atomic mass is 9.94. The topological polar surface area (TPSA) is 55.4 Å². The molecule has 1 atom stereocenters. The Balaban J connectivity index is 2.37. The van der Waals surface area contributed by atoms with Gasteiger partial charge >= 0.3 is 5.97 Å². The Morgan fingerprint density at radius 2 is 1.48 bits per heavy atom. The van der Waals surface area contributed by atoms with Gasteiger partial charge in [-0.25, -0.2) is 0 Å². The first-order valence-electron chi connectivity index (χ1n) is 10.3. The van der Waals surface area contributed by atoms with Gasteiger partial charge in [-0.05, 0) is 50.2 Å². The second kappa shape index (κ2) is 12.5. The van der Waals surface area contributed by atoms with Gasteiger partial charge in [0.05, 0.1) is 5.54 Å². The van der Waals surface area contributed by atoms with Gasteiger partial charge in [-0.2, -0.15) is 0 Å². The van der Waals surface area contributed by atoms with Gasteiger partial charge in [-0.15, -0.1) is 0 Å². The molecule has 0 spiro atoms. The summed E-state index contributed by atoms with van der Waals surface area (Å²) < 4.78 is 5.13. The maximum Gasteiger partial charge on any atom is 0.302 e. The molecule has 0 bridgehead atoms. The van der Waals surface area contributed by atoms with Gasteiger partial charge in [0.1, 0.15) is 6.61 Å². The second-order valence-electron chi connectivity index (χ2n) is 7.86. The molecule has 1 N–H and O–H groups in total. The third kappa shape index (κ3) is 10.8. The molecule has 1 aromatic carbocycles. The molecule has 0 aliphatic carbocycles. The van der Waals surface area contributed by atoms with E-state index < -0.39 is 5.54 Å². The summed E-state index contributed by atoms with van der Waals surface area (Å²) in [4.78, 5) is 22.5. The predicted molar refractivity (Wildman–Crippen MR) is 111 cm³/mol. The van der Waals surface area contributed by atoms with E-state index in [9.17, 15) is 9.59 Å². The zero-order chi connectivity index (χ0) is 20.1. The van der Waals surface area contributed by atoms with Crippen LogP contribution in [0.25, 0.3) is 0 Å². The van der Waals surface area contributed by atoms with E-state index in [-0.39, 0.29) is 18.5 Å². The highest BCUT2D eigenvalue weighted by atomic mass is 16.5. The van der Waals surface area contributed by atoms with Crippen molar-refractivity contribution in [1.29, 1.82) is 0 Å². The monoisotopic (exact) mass is 375 g/mol. The van der Waals surface area contributed by atoms with Crippen LogP contribution in [0.2, 0.25) is 0 Å². The molecule has 0 aliphatic rings. The van der Waals surface area contributed by atoms with Crippen LogP contribution in [0.1, 0.15) is 83.8 Å². The number of carbonyl (C=O) groups excluding carboxylic acids is 2. The van der Waals surface area contributed by atoms with Gasteiger partial charge < -0.3 is 10.1 Å². The van der Waals surface area contributed by atoms with Crippen molar-refractivity contribution in [1.82, 2.24) is 5.32 Å². The molecular weight excluding hydrogens is 338 g/mol. The highest BCUT2D eigenvalue weighted by Gasteiger charge is 2.26. The number of rotatable bonds is 13. The normalized spacial score (nSPS) is 13.0. The molecule has 0 saturated carbocycles. The minimum absolute atomic E-state index is 0.0980. The summed E-state index contributed by atoms with van der Waals surface area (Å²) in [5.74, 6) is -0.416. The number of unbranched alkanes of at least 4 members (excludes halogenated alkanes) is 4. The van der Waals surface area contributed by atoms with Gasteiger partial charge in [-0.3, -0.25) is 9.59 Å². The smallest absolute Gasteiger partial charge is 0.302 e. The van der Waals surface area contributed by atoms with Crippen LogP contribution in [-0.2, 0) is 27.2 Å². The highest BCUT2D eigenvalue weighted by Crippen LogP contribution is 2.17. The molecule has 4 nitrogen and oxygen atoms in total. The second-order valence-corrected chi connectivity index (χ2v) is 7.86. The summed E-state index contributed by atoms with van der Waals surface area (Å²) in [5, 5.41) is 2.93. The Kier molecular flexibility index (Phi) is 10.8. The highest BCUT2D eigenvalue weighted by molar-refractivity contribution is 5.74. The molecule has 0 radical (unpaired) electrons. The van der Waals surface area contributed by atoms with Gasteiger partial charge in [0.2, 0.25) is 5.91 Å². The largest absolute Gasteiger partial charge is 0.463 e. The summed E-state index contributed by atoms with van der Waals surface area (Å²) >= 11 is 0. The van der Waals surface area contributed by atoms with Crippen LogP contribution in [0.15, 0.2) is 24.3 Å². The van der Waals surface area contributed by atoms with E-state index in [1.807, 2.05) is 6.92 Å². The fourth-order valence-electron chi connectivity index (χ4n) is 3.33. The first-order chi connectivity index (χ1) is 12.8. The number of hydrogen-bond acceptors (Lipinski definition) is 3. The molecular formula is C23H37NO3. The maximum absolute atomic E-state index is 11.4. The number of benzene rings is 1. The summed E-state index contributed by atoms with van der Waals surface area (Å²) in [6.07, 6.45) is 10.2. The fourth-order valence-corrected chi connectivity index (χ4v) is 3.33. The van der Waals surface area contributed by atoms with Gasteiger partial charge in [0, 0.05) is 13.8 Å². The molecule has 0 aromatic heterocycles. The van der Waals surface area contributed by atoms with E-state index in [4.69, 9.17) is 4.74 Å². The van der Waals surface area contributed by atoms with Crippen molar-refractivity contribution in [2.24, 2.45) is 0 Å². The van der Waals surface area contributed by atoms with Gasteiger partial charge in [0.15, 0.2) is 0 Å². The Morgan fingerprint density at radius 3 is 1.96 bits per heavy atom. The third-order valence-electron chi connectivity index (χ3n) is 4.86. The number of esters is 1. The summed E-state index contributed by atoms with van der Waals surface area (Å²) in [6.45, 7) is 7.28. The van der Waals surface area contributed by atoms with Gasteiger partial charge in [-0.1, -0.05) is 56.9 Å². The molecule has 1 unspecified atom stereocenters. The number of ether oxygens (including phenoxy) is 1. The van der Waals surface area contributed by atoms with E-state index in [0.29, 0.717) is 0 Å². The molecule has 1 aromatic rings. The Bertz CT molecular complexity index is 567. The van der Waals surface area contributed by atoms with E-state index in [0.717, 1.165) is 25.7 Å². The van der Waals surface area contributed by atoms with Crippen LogP contribution in [0.4, 0.5) is 0 Å². The number of aryl methyl sites for hydroxylation is 2. The zero-order valence-electron chi connectivity index (χ0n) is 17.6. The molecule has 0 aliphatic heterocycles. The van der Waals surface area contributed by atoms with Crippen molar-refractivity contribution < 1.29 is 14.3 Å². The first-order valence-corrected chi connectivity index (χ1v) is 10.3. The van der Waals surface area contributed by atoms with Crippen LogP contribution >= 0.6 is 0 Å². The zero-order valence-corrected chi connectivity index (χ0v) is 17.6. The minimum Gasteiger partial charge on any atom is -0.463 e. The maximum atomic E-state index is 11.4. The van der Waals surface area contributed by atoms with Crippen LogP contribution in [-0.4, -0.2) is 24.0 Å². The average Bonchev–Trinajstić information content (AvgIpc) is 2.61. The average molecular weight is 376 g/mol. The predicted octanol–water partition coefficient (Wildman–Crippen LogP) is 4.98. The van der Waals surface area contributed by atoms with E-state index >= 15 is 0 Å². The van der Waals surface area contributed by atoms with Crippen LogP contribution in [0.3, 0.4) is 0 Å². The van der Waals surface area contributed by atoms with Crippen molar-refractivity contribution in [2.45, 2.75) is 91.0 Å². The first kappa shape index (κ1) is 23.2. The summed E-state index contributed by atoms with van der Waals surface area (Å²) in [6, 6.07) is 8.98. The molecule has 1 amide bonds. The third-order valence-corrected chi connectivity index (χ3v) is 4.86. The molecule has 27 heavy (non-hydrogen) atoms. The van der Waals surface area contributed by atoms with Crippen LogP contribution in [0.5, 0.6) is 0 Å². The van der Waals surface area contributed by atoms with E-state index in [1.165, 1.54) is 57.1 Å². The van der Waals surface area contributed by atoms with Crippen LogP contribution in [0, 0.1) is 0 Å². The lowest BCUT2D eigenvalue weighted by Gasteiger charge is -2.29. The molecule has 0 saturated heterocycles. The van der Waals surface area contributed by atoms with Crippen molar-refractivity contribution in [2.75, 3.05) is 6.61 Å². The summed E-state index contributed by atoms with van der Waals surface area (Å²) in [5.41, 5.74) is 2.28. The number of amides is 1. The Hall–Kier alpha value is -1.84. The van der Waals surface area contributed by atoms with Crippen molar-refractivity contribution in [3.8, 4) is 0 Å². The molecule has 1 rings (SSSR count). The molecule has 4 heteroatoms. The molecule has 0 fully saturated rings. The van der Waals surface area contributed by atoms with E-state index in [1.54, 1.807) is 0 Å². The lowest BCUT2D eigenvalue weighted by molar-refractivity contribution is -0.144. The van der Waals surface area contributed by atoms with Crippen molar-refractivity contribution in [3.63, 3.8) is 0 Å². The Morgan fingerprint density at radius 1 is 0.926 bits per heavy atom. The van der Waals surface area contributed by atoms with Crippen molar-refractivity contribution in [3.05, 3.63) is 35.4 Å². The fraction of sp³-hybridized carbons (Fsp3) is 0.652. The SMILES string of the molecule is CCCCCCc1ccc(CCCCC(C)(COC(C)=O)NC(C)=O)cc1. The number of carbonyl (C=O) groups is 2. The van der Waals surface area contributed by atoms with Gasteiger partial charge in [0.25, 0.3) is 0 Å².